The Kier molecular flexibility index (Phi) is 8.18. The highest BCUT2D eigenvalue weighted by molar-refractivity contribution is 5.91. The fourth-order valence-electron chi connectivity index (χ4n) is 1.71. The molecule has 0 unspecified atom stereocenters. The van der Waals surface area contributed by atoms with E-state index in [9.17, 15) is 18.8 Å². The summed E-state index contributed by atoms with van der Waals surface area (Å²) >= 11 is 0. The molecule has 0 radical (unpaired) electrons. The van der Waals surface area contributed by atoms with E-state index in [0.717, 1.165) is 12.5 Å². The van der Waals surface area contributed by atoms with Crippen molar-refractivity contribution < 1.29 is 23.5 Å². The number of carbonyl (C=O) groups excluding carboxylic acids is 3. The zero-order valence-electron chi connectivity index (χ0n) is 13.7. The standard InChI is InChI=1S/C17H21FN2O4/c1-3-9-19-17(23)12(2)20-15(21)11-24-16(22)8-7-13-5-4-6-14(18)10-13/h4-8,10,12H,3,9,11H2,1-2H3,(H,19,23)(H,20,21)/b8-7+/t12-/m1/s1. The van der Waals surface area contributed by atoms with E-state index in [1.54, 1.807) is 6.07 Å². The van der Waals surface area contributed by atoms with Gasteiger partial charge in [0.2, 0.25) is 5.91 Å². The van der Waals surface area contributed by atoms with Gasteiger partial charge in [-0.25, -0.2) is 9.18 Å². The Bertz CT molecular complexity index is 616. The van der Waals surface area contributed by atoms with E-state index in [1.807, 2.05) is 6.92 Å². The third-order valence-electron chi connectivity index (χ3n) is 2.93. The third-order valence-corrected chi connectivity index (χ3v) is 2.93. The van der Waals surface area contributed by atoms with Gasteiger partial charge in [-0.15, -0.1) is 0 Å². The monoisotopic (exact) mass is 336 g/mol. The van der Waals surface area contributed by atoms with Crippen LogP contribution in [-0.2, 0) is 19.1 Å². The summed E-state index contributed by atoms with van der Waals surface area (Å²) in [7, 11) is 0. The number of ether oxygens (including phenoxy) is 1. The second-order valence-corrected chi connectivity index (χ2v) is 5.08. The molecule has 24 heavy (non-hydrogen) atoms. The van der Waals surface area contributed by atoms with E-state index in [1.165, 1.54) is 31.2 Å². The maximum absolute atomic E-state index is 13.0. The van der Waals surface area contributed by atoms with Crippen LogP contribution in [0.3, 0.4) is 0 Å². The number of halogens is 1. The summed E-state index contributed by atoms with van der Waals surface area (Å²) in [5.41, 5.74) is 0.498. The first-order valence-corrected chi connectivity index (χ1v) is 7.60. The van der Waals surface area contributed by atoms with E-state index in [4.69, 9.17) is 4.74 Å². The van der Waals surface area contributed by atoms with Gasteiger partial charge in [-0.3, -0.25) is 9.59 Å². The summed E-state index contributed by atoms with van der Waals surface area (Å²) in [6.45, 7) is 3.48. The normalized spacial score (nSPS) is 11.8. The van der Waals surface area contributed by atoms with Gasteiger partial charge < -0.3 is 15.4 Å². The van der Waals surface area contributed by atoms with Gasteiger partial charge in [0.1, 0.15) is 11.9 Å². The van der Waals surface area contributed by atoms with Crippen molar-refractivity contribution in [2.24, 2.45) is 0 Å². The molecule has 130 valence electrons. The lowest BCUT2D eigenvalue weighted by atomic mass is 10.2. The molecule has 1 aromatic rings. The van der Waals surface area contributed by atoms with Gasteiger partial charge in [0.15, 0.2) is 6.61 Å². The molecule has 1 aromatic carbocycles. The van der Waals surface area contributed by atoms with Crippen molar-refractivity contribution in [2.75, 3.05) is 13.2 Å². The van der Waals surface area contributed by atoms with Gasteiger partial charge >= 0.3 is 5.97 Å². The molecule has 0 aliphatic carbocycles. The zero-order valence-corrected chi connectivity index (χ0v) is 13.7. The van der Waals surface area contributed by atoms with Gasteiger partial charge in [-0.2, -0.15) is 0 Å². The highest BCUT2D eigenvalue weighted by Gasteiger charge is 2.15. The number of hydrogen-bond donors (Lipinski definition) is 2. The van der Waals surface area contributed by atoms with Crippen LogP contribution in [0.15, 0.2) is 30.3 Å². The quantitative estimate of drug-likeness (QED) is 0.555. The number of esters is 1. The maximum atomic E-state index is 13.0. The van der Waals surface area contributed by atoms with Crippen molar-refractivity contribution in [2.45, 2.75) is 26.3 Å². The van der Waals surface area contributed by atoms with Crippen LogP contribution in [0.1, 0.15) is 25.8 Å². The van der Waals surface area contributed by atoms with Crippen molar-refractivity contribution in [3.8, 4) is 0 Å². The minimum Gasteiger partial charge on any atom is -0.452 e. The fourth-order valence-corrected chi connectivity index (χ4v) is 1.71. The Morgan fingerprint density at radius 1 is 1.33 bits per heavy atom. The second kappa shape index (κ2) is 10.1. The van der Waals surface area contributed by atoms with Crippen LogP contribution in [0.4, 0.5) is 4.39 Å². The first-order valence-electron chi connectivity index (χ1n) is 7.60. The molecule has 7 heteroatoms. The molecule has 2 amide bonds. The summed E-state index contributed by atoms with van der Waals surface area (Å²) in [4.78, 5) is 34.7. The Hall–Kier alpha value is -2.70. The Balaban J connectivity index is 2.35. The van der Waals surface area contributed by atoms with Crippen molar-refractivity contribution >= 4 is 23.9 Å². The van der Waals surface area contributed by atoms with Gasteiger partial charge in [0, 0.05) is 12.6 Å². The maximum Gasteiger partial charge on any atom is 0.331 e. The van der Waals surface area contributed by atoms with Crippen molar-refractivity contribution in [1.82, 2.24) is 10.6 Å². The number of benzene rings is 1. The molecule has 0 fully saturated rings. The molecule has 0 aliphatic rings. The largest absolute Gasteiger partial charge is 0.452 e. The highest BCUT2D eigenvalue weighted by atomic mass is 19.1. The van der Waals surface area contributed by atoms with Crippen LogP contribution < -0.4 is 10.6 Å². The first kappa shape index (κ1) is 19.3. The van der Waals surface area contributed by atoms with Gasteiger partial charge in [-0.1, -0.05) is 19.1 Å². The van der Waals surface area contributed by atoms with E-state index in [-0.39, 0.29) is 5.91 Å². The van der Waals surface area contributed by atoms with Crippen molar-refractivity contribution in [3.63, 3.8) is 0 Å². The van der Waals surface area contributed by atoms with Gasteiger partial charge in [0.25, 0.3) is 5.91 Å². The second-order valence-electron chi connectivity index (χ2n) is 5.08. The number of rotatable bonds is 8. The molecular weight excluding hydrogens is 315 g/mol. The lowest BCUT2D eigenvalue weighted by Crippen LogP contribution is -2.46. The number of hydrogen-bond acceptors (Lipinski definition) is 4. The minimum absolute atomic E-state index is 0.303. The molecular formula is C17H21FN2O4. The molecule has 0 aromatic heterocycles. The summed E-state index contributed by atoms with van der Waals surface area (Å²) in [6, 6.07) is 4.96. The van der Waals surface area contributed by atoms with Crippen LogP contribution in [0.5, 0.6) is 0 Å². The smallest absolute Gasteiger partial charge is 0.331 e. The highest BCUT2D eigenvalue weighted by Crippen LogP contribution is 2.05. The summed E-state index contributed by atoms with van der Waals surface area (Å²) in [6.07, 6.45) is 3.27. The van der Waals surface area contributed by atoms with Crippen LogP contribution in [0.25, 0.3) is 6.08 Å². The van der Waals surface area contributed by atoms with Crippen molar-refractivity contribution in [1.29, 1.82) is 0 Å². The van der Waals surface area contributed by atoms with Crippen LogP contribution >= 0.6 is 0 Å². The molecule has 0 saturated carbocycles. The van der Waals surface area contributed by atoms with Gasteiger partial charge in [-0.05, 0) is 37.1 Å². The van der Waals surface area contributed by atoms with Crippen LogP contribution in [0.2, 0.25) is 0 Å². The first-order chi connectivity index (χ1) is 11.4. The molecule has 0 heterocycles. The SMILES string of the molecule is CCCNC(=O)[C@@H](C)NC(=O)COC(=O)/C=C/c1cccc(F)c1. The van der Waals surface area contributed by atoms with E-state index >= 15 is 0 Å². The molecule has 1 atom stereocenters. The summed E-state index contributed by atoms with van der Waals surface area (Å²) in [5.74, 6) is -2.04. The molecule has 0 bridgehead atoms. The van der Waals surface area contributed by atoms with Crippen molar-refractivity contribution in [3.05, 3.63) is 41.7 Å². The van der Waals surface area contributed by atoms with E-state index in [2.05, 4.69) is 10.6 Å². The molecule has 1 rings (SSSR count). The summed E-state index contributed by atoms with van der Waals surface area (Å²) < 4.78 is 17.7. The Morgan fingerprint density at radius 3 is 2.75 bits per heavy atom. The predicted molar refractivity (Wildman–Crippen MR) is 87.3 cm³/mol. The van der Waals surface area contributed by atoms with Crippen LogP contribution in [-0.4, -0.2) is 37.0 Å². The lowest BCUT2D eigenvalue weighted by Gasteiger charge is -2.13. The number of amides is 2. The molecule has 0 aliphatic heterocycles. The summed E-state index contributed by atoms with van der Waals surface area (Å²) in [5, 5.41) is 5.07. The van der Waals surface area contributed by atoms with Crippen LogP contribution in [0, 0.1) is 5.82 Å². The lowest BCUT2D eigenvalue weighted by molar-refractivity contribution is -0.144. The minimum atomic E-state index is -0.738. The number of carbonyl (C=O) groups is 3. The van der Waals surface area contributed by atoms with Gasteiger partial charge in [0.05, 0.1) is 0 Å². The third kappa shape index (κ3) is 7.53. The van der Waals surface area contributed by atoms with E-state index < -0.39 is 30.3 Å². The average Bonchev–Trinajstić information content (AvgIpc) is 2.56. The predicted octanol–water partition coefficient (Wildman–Crippen LogP) is 1.41. The topological polar surface area (TPSA) is 84.5 Å². The average molecular weight is 336 g/mol. The fraction of sp³-hybridized carbons (Fsp3) is 0.353. The Labute approximate surface area is 140 Å². The molecule has 2 N–H and O–H groups in total. The number of nitrogens with one attached hydrogen (secondary N) is 2. The zero-order chi connectivity index (χ0) is 17.9. The molecule has 0 saturated heterocycles. The Morgan fingerprint density at radius 2 is 2.08 bits per heavy atom. The molecule has 6 nitrogen and oxygen atoms in total. The van der Waals surface area contributed by atoms with E-state index in [0.29, 0.717) is 12.1 Å². The molecule has 0 spiro atoms.